The molecule has 1 atom stereocenters. The zero-order valence-electron chi connectivity index (χ0n) is 14.7. The summed E-state index contributed by atoms with van der Waals surface area (Å²) in [5.74, 6) is 0.318. The molecule has 1 saturated heterocycles. The van der Waals surface area contributed by atoms with Crippen LogP contribution in [0.25, 0.3) is 0 Å². The van der Waals surface area contributed by atoms with Gasteiger partial charge in [0.2, 0.25) is 0 Å². The minimum absolute atomic E-state index is 0.0351. The minimum Gasteiger partial charge on any atom is -0.461 e. The summed E-state index contributed by atoms with van der Waals surface area (Å²) in [7, 11) is 0. The number of hydrogen-bond donors (Lipinski definition) is 0. The Hall–Kier alpha value is -1.89. The van der Waals surface area contributed by atoms with Gasteiger partial charge in [0.1, 0.15) is 6.10 Å². The molecule has 0 unspecified atom stereocenters. The first kappa shape index (κ1) is 16.6. The number of ether oxygens (including phenoxy) is 2. The van der Waals surface area contributed by atoms with Gasteiger partial charge in [0.05, 0.1) is 6.61 Å². The molecule has 0 bridgehead atoms. The molecule has 1 amide bonds. The van der Waals surface area contributed by atoms with Crippen LogP contribution in [0.1, 0.15) is 54.4 Å². The Bertz CT molecular complexity index is 674. The summed E-state index contributed by atoms with van der Waals surface area (Å²) >= 11 is 0. The van der Waals surface area contributed by atoms with Gasteiger partial charge in [-0.3, -0.25) is 9.48 Å². The lowest BCUT2D eigenvalue weighted by Crippen LogP contribution is -2.42. The van der Waals surface area contributed by atoms with E-state index < -0.39 is 0 Å². The van der Waals surface area contributed by atoms with Crippen LogP contribution in [0.15, 0.2) is 0 Å². The molecule has 1 aromatic rings. The van der Waals surface area contributed by atoms with E-state index in [0.29, 0.717) is 37.9 Å². The number of hydrogen-bond acceptors (Lipinski definition) is 5. The molecule has 1 aliphatic carbocycles. The molecule has 7 heteroatoms. The molecule has 2 fully saturated rings. The fraction of sp³-hybridized carbons (Fsp3) is 0.722. The SMILES string of the molecule is CCOC(=O)c1nn(CC2CC2)c2c1CN(C(=O)[C@@H]1CCCO1)CC2. The van der Waals surface area contributed by atoms with E-state index in [2.05, 4.69) is 5.10 Å². The van der Waals surface area contributed by atoms with E-state index in [1.54, 1.807) is 6.92 Å². The summed E-state index contributed by atoms with van der Waals surface area (Å²) in [5.41, 5.74) is 2.32. The molecule has 2 aliphatic heterocycles. The van der Waals surface area contributed by atoms with Crippen molar-refractivity contribution in [2.45, 2.75) is 58.2 Å². The number of rotatable bonds is 5. The van der Waals surface area contributed by atoms with Crippen molar-refractivity contribution in [1.29, 1.82) is 0 Å². The third-order valence-corrected chi connectivity index (χ3v) is 5.25. The molecule has 7 nitrogen and oxygen atoms in total. The maximum Gasteiger partial charge on any atom is 0.359 e. The van der Waals surface area contributed by atoms with E-state index in [0.717, 1.165) is 37.1 Å². The summed E-state index contributed by atoms with van der Waals surface area (Å²) < 4.78 is 12.7. The maximum atomic E-state index is 12.7. The highest BCUT2D eigenvalue weighted by atomic mass is 16.5. The molecule has 0 N–H and O–H groups in total. The number of nitrogens with zero attached hydrogens (tertiary/aromatic N) is 3. The largest absolute Gasteiger partial charge is 0.461 e. The summed E-state index contributed by atoms with van der Waals surface area (Å²) in [6.07, 6.45) is 4.58. The Morgan fingerprint density at radius 3 is 2.84 bits per heavy atom. The third kappa shape index (κ3) is 3.29. The quantitative estimate of drug-likeness (QED) is 0.755. The van der Waals surface area contributed by atoms with Gasteiger partial charge in [-0.15, -0.1) is 0 Å². The number of carbonyl (C=O) groups excluding carboxylic acids is 2. The van der Waals surface area contributed by atoms with Crippen LogP contribution in [0.2, 0.25) is 0 Å². The van der Waals surface area contributed by atoms with Gasteiger partial charge < -0.3 is 14.4 Å². The highest BCUT2D eigenvalue weighted by Crippen LogP contribution is 2.33. The second-order valence-corrected chi connectivity index (χ2v) is 7.13. The van der Waals surface area contributed by atoms with Crippen LogP contribution in [-0.4, -0.2) is 52.4 Å². The highest BCUT2D eigenvalue weighted by Gasteiger charge is 2.35. The molecule has 0 spiro atoms. The first-order valence-electron chi connectivity index (χ1n) is 9.33. The number of fused-ring (bicyclic) bond motifs is 1. The molecule has 0 radical (unpaired) electrons. The lowest BCUT2D eigenvalue weighted by Gasteiger charge is -2.29. The van der Waals surface area contributed by atoms with E-state index >= 15 is 0 Å². The Kier molecular flexibility index (Phi) is 4.50. The molecule has 25 heavy (non-hydrogen) atoms. The molecular weight excluding hydrogens is 322 g/mol. The lowest BCUT2D eigenvalue weighted by atomic mass is 10.0. The van der Waals surface area contributed by atoms with Crippen LogP contribution >= 0.6 is 0 Å². The summed E-state index contributed by atoms with van der Waals surface area (Å²) in [6.45, 7) is 4.71. The van der Waals surface area contributed by atoms with Crippen molar-refractivity contribution < 1.29 is 19.1 Å². The van der Waals surface area contributed by atoms with Gasteiger partial charge in [-0.05, 0) is 38.5 Å². The second-order valence-electron chi connectivity index (χ2n) is 7.13. The smallest absolute Gasteiger partial charge is 0.359 e. The zero-order chi connectivity index (χ0) is 17.4. The van der Waals surface area contributed by atoms with Crippen molar-refractivity contribution in [3.8, 4) is 0 Å². The van der Waals surface area contributed by atoms with Crippen molar-refractivity contribution in [2.24, 2.45) is 5.92 Å². The van der Waals surface area contributed by atoms with Crippen LogP contribution in [0, 0.1) is 5.92 Å². The predicted octanol–water partition coefficient (Wildman–Crippen LogP) is 1.53. The number of carbonyl (C=O) groups is 2. The topological polar surface area (TPSA) is 73.7 Å². The van der Waals surface area contributed by atoms with E-state index in [-0.39, 0.29) is 18.0 Å². The monoisotopic (exact) mass is 347 g/mol. The molecule has 3 heterocycles. The average molecular weight is 347 g/mol. The third-order valence-electron chi connectivity index (χ3n) is 5.25. The van der Waals surface area contributed by atoms with Crippen LogP contribution < -0.4 is 0 Å². The highest BCUT2D eigenvalue weighted by molar-refractivity contribution is 5.90. The first-order valence-corrected chi connectivity index (χ1v) is 9.33. The van der Waals surface area contributed by atoms with Gasteiger partial charge >= 0.3 is 5.97 Å². The summed E-state index contributed by atoms with van der Waals surface area (Å²) in [5, 5.41) is 4.55. The standard InChI is InChI=1S/C18H25N3O4/c1-2-24-18(23)16-13-11-20(17(22)15-4-3-9-25-15)8-7-14(13)21(19-16)10-12-5-6-12/h12,15H,2-11H2,1H3/t15-/m0/s1. The fourth-order valence-corrected chi connectivity index (χ4v) is 3.71. The Morgan fingerprint density at radius 1 is 1.32 bits per heavy atom. The van der Waals surface area contributed by atoms with Gasteiger partial charge in [-0.2, -0.15) is 5.10 Å². The number of amides is 1. The van der Waals surface area contributed by atoms with Crippen molar-refractivity contribution in [2.75, 3.05) is 19.8 Å². The van der Waals surface area contributed by atoms with E-state index in [9.17, 15) is 9.59 Å². The van der Waals surface area contributed by atoms with Gasteiger partial charge in [-0.25, -0.2) is 4.79 Å². The van der Waals surface area contributed by atoms with Crippen molar-refractivity contribution in [1.82, 2.24) is 14.7 Å². The molecular formula is C18H25N3O4. The Labute approximate surface area is 147 Å². The lowest BCUT2D eigenvalue weighted by molar-refractivity contribution is -0.141. The Balaban J connectivity index is 1.58. The maximum absolute atomic E-state index is 12.7. The van der Waals surface area contributed by atoms with Crippen molar-refractivity contribution in [3.63, 3.8) is 0 Å². The molecule has 136 valence electrons. The van der Waals surface area contributed by atoms with Crippen LogP contribution in [0.5, 0.6) is 0 Å². The number of esters is 1. The normalized spacial score (nSPS) is 22.8. The first-order chi connectivity index (χ1) is 12.2. The predicted molar refractivity (Wildman–Crippen MR) is 89.0 cm³/mol. The molecule has 1 saturated carbocycles. The van der Waals surface area contributed by atoms with Gasteiger partial charge in [0.15, 0.2) is 5.69 Å². The van der Waals surface area contributed by atoms with E-state index in [1.165, 1.54) is 12.8 Å². The van der Waals surface area contributed by atoms with E-state index in [1.807, 2.05) is 9.58 Å². The number of aromatic nitrogens is 2. The van der Waals surface area contributed by atoms with E-state index in [4.69, 9.17) is 9.47 Å². The molecule has 3 aliphatic rings. The zero-order valence-corrected chi connectivity index (χ0v) is 14.7. The Morgan fingerprint density at radius 2 is 2.16 bits per heavy atom. The fourth-order valence-electron chi connectivity index (χ4n) is 3.71. The van der Waals surface area contributed by atoms with Gasteiger partial charge in [0, 0.05) is 43.9 Å². The summed E-state index contributed by atoms with van der Waals surface area (Å²) in [4.78, 5) is 26.8. The molecule has 1 aromatic heterocycles. The van der Waals surface area contributed by atoms with Gasteiger partial charge in [-0.1, -0.05) is 0 Å². The summed E-state index contributed by atoms with van der Waals surface area (Å²) in [6, 6.07) is 0. The van der Waals surface area contributed by atoms with Gasteiger partial charge in [0.25, 0.3) is 5.91 Å². The minimum atomic E-state index is -0.389. The molecule has 0 aromatic carbocycles. The second kappa shape index (κ2) is 6.78. The van der Waals surface area contributed by atoms with Crippen molar-refractivity contribution in [3.05, 3.63) is 17.0 Å². The average Bonchev–Trinajstić information content (AvgIpc) is 3.13. The van der Waals surface area contributed by atoms with Crippen LogP contribution in [-0.2, 0) is 33.8 Å². The van der Waals surface area contributed by atoms with Crippen LogP contribution in [0.3, 0.4) is 0 Å². The van der Waals surface area contributed by atoms with Crippen molar-refractivity contribution >= 4 is 11.9 Å². The molecule has 4 rings (SSSR count). The van der Waals surface area contributed by atoms with Crippen LogP contribution in [0.4, 0.5) is 0 Å².